The molecule has 0 saturated heterocycles. The summed E-state index contributed by atoms with van der Waals surface area (Å²) in [6.45, 7) is 10.7. The van der Waals surface area contributed by atoms with E-state index in [0.29, 0.717) is 5.57 Å². The first-order valence-corrected chi connectivity index (χ1v) is 8.31. The Morgan fingerprint density at radius 3 is 2.61 bits per heavy atom. The molecule has 1 aliphatic heterocycles. The summed E-state index contributed by atoms with van der Waals surface area (Å²) < 4.78 is 6.37. The van der Waals surface area contributed by atoms with Crippen LogP contribution in [0.5, 0.6) is 0 Å². The van der Waals surface area contributed by atoms with Gasteiger partial charge in [-0.3, -0.25) is 0 Å². The smallest absolute Gasteiger partial charge is 0.328 e. The molecule has 126 valence electrons. The molecule has 2 atom stereocenters. The zero-order chi connectivity index (χ0) is 17.3. The van der Waals surface area contributed by atoms with Gasteiger partial charge in [-0.25, -0.2) is 4.79 Å². The predicted octanol–water partition coefficient (Wildman–Crippen LogP) is 4.81. The third-order valence-corrected chi connectivity index (χ3v) is 4.98. The molecule has 1 aliphatic carbocycles. The predicted molar refractivity (Wildman–Crippen MR) is 93.3 cm³/mol. The van der Waals surface area contributed by atoms with E-state index in [4.69, 9.17) is 9.84 Å². The largest absolute Gasteiger partial charge is 0.478 e. The van der Waals surface area contributed by atoms with Crippen LogP contribution < -0.4 is 0 Å². The minimum atomic E-state index is -0.920. The molecule has 23 heavy (non-hydrogen) atoms. The fraction of sp³-hybridized carbons (Fsp3) is 0.550. The zero-order valence-corrected chi connectivity index (χ0v) is 14.8. The van der Waals surface area contributed by atoms with E-state index in [1.807, 2.05) is 12.2 Å². The van der Waals surface area contributed by atoms with Gasteiger partial charge in [0.2, 0.25) is 0 Å². The number of hydrogen-bond donors (Lipinski definition) is 1. The highest BCUT2D eigenvalue weighted by Crippen LogP contribution is 2.51. The van der Waals surface area contributed by atoms with Crippen LogP contribution in [0.4, 0.5) is 0 Å². The Morgan fingerprint density at radius 1 is 1.30 bits per heavy atom. The lowest BCUT2D eigenvalue weighted by molar-refractivity contribution is -0.131. The van der Waals surface area contributed by atoms with E-state index in [9.17, 15) is 4.79 Å². The third-order valence-electron chi connectivity index (χ3n) is 4.98. The van der Waals surface area contributed by atoms with Gasteiger partial charge in [0.25, 0.3) is 0 Å². The lowest BCUT2D eigenvalue weighted by atomic mass is 9.67. The number of fused-ring (bicyclic) bond motifs is 1. The average Bonchev–Trinajstić information content (AvgIpc) is 2.77. The van der Waals surface area contributed by atoms with Gasteiger partial charge in [-0.15, -0.1) is 0 Å². The zero-order valence-electron chi connectivity index (χ0n) is 14.8. The van der Waals surface area contributed by atoms with Crippen molar-refractivity contribution in [1.29, 1.82) is 0 Å². The Balaban J connectivity index is 2.14. The number of carbonyl (C=O) groups is 1. The Hall–Kier alpha value is -1.61. The minimum Gasteiger partial charge on any atom is -0.478 e. The molecule has 0 amide bonds. The van der Waals surface area contributed by atoms with Gasteiger partial charge in [-0.1, -0.05) is 32.1 Å². The van der Waals surface area contributed by atoms with Crippen molar-refractivity contribution in [2.24, 2.45) is 5.41 Å². The summed E-state index contributed by atoms with van der Waals surface area (Å²) in [5.74, 6) is -0.920. The minimum absolute atomic E-state index is 0.0146. The van der Waals surface area contributed by atoms with Gasteiger partial charge in [0.1, 0.15) is 0 Å². The van der Waals surface area contributed by atoms with Crippen molar-refractivity contribution >= 4 is 5.97 Å². The van der Waals surface area contributed by atoms with Gasteiger partial charge in [0.05, 0.1) is 11.7 Å². The summed E-state index contributed by atoms with van der Waals surface area (Å²) >= 11 is 0. The van der Waals surface area contributed by atoms with Crippen molar-refractivity contribution in [1.82, 2.24) is 0 Å². The molecule has 3 heteroatoms. The molecular weight excluding hydrogens is 288 g/mol. The maximum absolute atomic E-state index is 10.6. The van der Waals surface area contributed by atoms with Gasteiger partial charge in [-0.2, -0.15) is 0 Å². The first-order chi connectivity index (χ1) is 10.6. The first-order valence-electron chi connectivity index (χ1n) is 8.31. The van der Waals surface area contributed by atoms with Crippen molar-refractivity contribution in [2.75, 3.05) is 0 Å². The molecule has 0 aromatic carbocycles. The summed E-state index contributed by atoms with van der Waals surface area (Å²) in [7, 11) is 0. The quantitative estimate of drug-likeness (QED) is 0.460. The molecule has 0 radical (unpaired) electrons. The van der Waals surface area contributed by atoms with Gasteiger partial charge in [0.15, 0.2) is 0 Å². The second-order valence-electron chi connectivity index (χ2n) is 7.58. The van der Waals surface area contributed by atoms with Crippen LogP contribution in [0.2, 0.25) is 0 Å². The third kappa shape index (κ3) is 4.03. The molecule has 1 fully saturated rings. The van der Waals surface area contributed by atoms with Crippen molar-refractivity contribution in [3.63, 3.8) is 0 Å². The number of aliphatic carboxylic acids is 1. The summed E-state index contributed by atoms with van der Waals surface area (Å²) in [6, 6.07) is 0. The molecule has 0 aromatic rings. The fourth-order valence-corrected chi connectivity index (χ4v) is 3.76. The molecule has 0 spiro atoms. The number of hydrogen-bond acceptors (Lipinski definition) is 2. The molecule has 1 N–H and O–H groups in total. The standard InChI is InChI=1S/C20H28O3/c1-14(12-18(21)22)8-6-9-15(2)16-13-17-19(3,4)10-7-11-20(17,5)23-16/h6,8-9,12-13,16H,7,10-11H2,1-5H3,(H,21,22)/b8-6+,14-12-,15-9+. The highest BCUT2D eigenvalue weighted by molar-refractivity contribution is 5.81. The van der Waals surface area contributed by atoms with E-state index in [1.54, 1.807) is 13.0 Å². The summed E-state index contributed by atoms with van der Waals surface area (Å²) in [4.78, 5) is 10.6. The van der Waals surface area contributed by atoms with E-state index in [-0.39, 0.29) is 17.1 Å². The van der Waals surface area contributed by atoms with Crippen LogP contribution in [-0.4, -0.2) is 22.8 Å². The molecular formula is C20H28O3. The number of carboxylic acid groups (broad SMARTS) is 1. The summed E-state index contributed by atoms with van der Waals surface area (Å²) in [6.07, 6.45) is 12.7. The Morgan fingerprint density at radius 2 is 2.00 bits per heavy atom. The Kier molecular flexibility index (Phi) is 5.00. The number of carboxylic acids is 1. The van der Waals surface area contributed by atoms with E-state index in [1.165, 1.54) is 24.5 Å². The van der Waals surface area contributed by atoms with E-state index in [2.05, 4.69) is 33.8 Å². The van der Waals surface area contributed by atoms with Crippen LogP contribution in [-0.2, 0) is 9.53 Å². The highest BCUT2D eigenvalue weighted by Gasteiger charge is 2.47. The van der Waals surface area contributed by atoms with Crippen LogP contribution in [0.15, 0.2) is 47.1 Å². The number of rotatable bonds is 4. The molecule has 0 bridgehead atoms. The van der Waals surface area contributed by atoms with Crippen LogP contribution in [0.3, 0.4) is 0 Å². The molecule has 2 unspecified atom stereocenters. The second kappa shape index (κ2) is 6.48. The van der Waals surface area contributed by atoms with Gasteiger partial charge in [-0.05, 0) is 68.2 Å². The molecule has 0 aromatic heterocycles. The molecule has 1 saturated carbocycles. The molecule has 3 nitrogen and oxygen atoms in total. The topological polar surface area (TPSA) is 46.5 Å². The van der Waals surface area contributed by atoms with Crippen molar-refractivity contribution < 1.29 is 14.6 Å². The van der Waals surface area contributed by atoms with E-state index in [0.717, 1.165) is 12.0 Å². The number of ether oxygens (including phenoxy) is 1. The Labute approximate surface area is 139 Å². The monoisotopic (exact) mass is 316 g/mol. The lowest BCUT2D eigenvalue weighted by Crippen LogP contribution is -2.39. The van der Waals surface area contributed by atoms with Crippen molar-refractivity contribution in [3.8, 4) is 0 Å². The summed E-state index contributed by atoms with van der Waals surface area (Å²) in [5, 5.41) is 8.71. The maximum atomic E-state index is 10.6. The first kappa shape index (κ1) is 17.7. The summed E-state index contributed by atoms with van der Waals surface area (Å²) in [5.41, 5.74) is 3.36. The molecule has 2 rings (SSSR count). The van der Waals surface area contributed by atoms with Crippen LogP contribution in [0, 0.1) is 5.41 Å². The maximum Gasteiger partial charge on any atom is 0.328 e. The van der Waals surface area contributed by atoms with E-state index < -0.39 is 5.97 Å². The van der Waals surface area contributed by atoms with Crippen molar-refractivity contribution in [3.05, 3.63) is 47.1 Å². The SMILES string of the molecule is CC(=C/C(=O)O)/C=C/C=C(\C)C1C=C2C(C)(C)CCCC2(C)O1. The van der Waals surface area contributed by atoms with E-state index >= 15 is 0 Å². The normalized spacial score (nSPS) is 31.2. The van der Waals surface area contributed by atoms with Gasteiger partial charge < -0.3 is 9.84 Å². The van der Waals surface area contributed by atoms with Gasteiger partial charge in [0, 0.05) is 6.08 Å². The fourth-order valence-electron chi connectivity index (χ4n) is 3.76. The highest BCUT2D eigenvalue weighted by atomic mass is 16.5. The lowest BCUT2D eigenvalue weighted by Gasteiger charge is -2.42. The van der Waals surface area contributed by atoms with Gasteiger partial charge >= 0.3 is 5.97 Å². The average molecular weight is 316 g/mol. The molecule has 1 heterocycles. The number of allylic oxidation sites excluding steroid dienone is 4. The second-order valence-corrected chi connectivity index (χ2v) is 7.58. The molecule has 2 aliphatic rings. The van der Waals surface area contributed by atoms with Crippen LogP contribution in [0.1, 0.15) is 53.9 Å². The Bertz CT molecular complexity index is 604. The van der Waals surface area contributed by atoms with Crippen LogP contribution in [0.25, 0.3) is 0 Å². The van der Waals surface area contributed by atoms with Crippen LogP contribution >= 0.6 is 0 Å². The van der Waals surface area contributed by atoms with Crippen molar-refractivity contribution in [2.45, 2.75) is 65.6 Å².